The predicted octanol–water partition coefficient (Wildman–Crippen LogP) is 5.53. The molecule has 0 aliphatic carbocycles. The van der Waals surface area contributed by atoms with Gasteiger partial charge >= 0.3 is 0 Å². The zero-order chi connectivity index (χ0) is 14.7. The normalized spacial score (nSPS) is 12.3. The molecule has 1 nitrogen and oxygen atoms in total. The fraction of sp³-hybridized carbons (Fsp3) is 0.158. The Labute approximate surface area is 133 Å². The molecule has 0 spiro atoms. The highest BCUT2D eigenvalue weighted by atomic mass is 79.9. The first-order valence-electron chi connectivity index (χ1n) is 7.02. The molecule has 0 aliphatic rings. The van der Waals surface area contributed by atoms with E-state index in [4.69, 9.17) is 4.74 Å². The van der Waals surface area contributed by atoms with Crippen LogP contribution in [0.3, 0.4) is 0 Å². The molecule has 1 atom stereocenters. The van der Waals surface area contributed by atoms with Gasteiger partial charge in [-0.15, -0.1) is 0 Å². The van der Waals surface area contributed by atoms with Crippen LogP contribution in [0.5, 0.6) is 5.75 Å². The summed E-state index contributed by atoms with van der Waals surface area (Å²) < 4.78 is 5.20. The van der Waals surface area contributed by atoms with E-state index in [1.54, 1.807) is 7.11 Å². The van der Waals surface area contributed by atoms with Crippen LogP contribution in [0, 0.1) is 0 Å². The van der Waals surface area contributed by atoms with Gasteiger partial charge < -0.3 is 4.74 Å². The third kappa shape index (κ3) is 3.27. The number of ether oxygens (including phenoxy) is 1. The molecule has 3 aromatic rings. The van der Waals surface area contributed by atoms with Crippen LogP contribution in [0.2, 0.25) is 0 Å². The number of hydrogen-bond acceptors (Lipinski definition) is 1. The van der Waals surface area contributed by atoms with Crippen LogP contribution in [0.1, 0.15) is 16.0 Å². The van der Waals surface area contributed by atoms with Crippen molar-refractivity contribution < 1.29 is 4.74 Å². The standard InChI is InChI=1S/C19H17BrO/c1-21-18-10-8-16(9-11-18)19(20)13-14-6-7-15-4-2-3-5-17(15)12-14/h2-12,19H,13H2,1H3. The van der Waals surface area contributed by atoms with Crippen LogP contribution in [0.4, 0.5) is 0 Å². The number of hydrogen-bond donors (Lipinski definition) is 0. The minimum atomic E-state index is 0.310. The molecule has 3 aromatic carbocycles. The summed E-state index contributed by atoms with van der Waals surface area (Å²) >= 11 is 3.79. The second-order valence-corrected chi connectivity index (χ2v) is 6.23. The van der Waals surface area contributed by atoms with Crippen molar-refractivity contribution in [2.45, 2.75) is 11.2 Å². The number of methoxy groups -OCH3 is 1. The second kappa shape index (κ2) is 6.31. The topological polar surface area (TPSA) is 9.23 Å². The maximum atomic E-state index is 5.20. The number of rotatable bonds is 4. The summed E-state index contributed by atoms with van der Waals surface area (Å²) in [7, 11) is 1.69. The third-order valence-electron chi connectivity index (χ3n) is 3.71. The Bertz CT molecular complexity index is 734. The van der Waals surface area contributed by atoms with Crippen LogP contribution < -0.4 is 4.74 Å². The first kappa shape index (κ1) is 14.2. The molecule has 0 saturated heterocycles. The maximum absolute atomic E-state index is 5.20. The first-order valence-corrected chi connectivity index (χ1v) is 7.93. The van der Waals surface area contributed by atoms with Gasteiger partial charge in [0.25, 0.3) is 0 Å². The predicted molar refractivity (Wildman–Crippen MR) is 92.3 cm³/mol. The highest BCUT2D eigenvalue weighted by Crippen LogP contribution is 2.29. The lowest BCUT2D eigenvalue weighted by atomic mass is 10.0. The summed E-state index contributed by atoms with van der Waals surface area (Å²) in [6, 6.07) is 23.4. The molecule has 21 heavy (non-hydrogen) atoms. The van der Waals surface area contributed by atoms with Crippen LogP contribution >= 0.6 is 15.9 Å². The fourth-order valence-electron chi connectivity index (χ4n) is 2.50. The van der Waals surface area contributed by atoms with Crippen LogP contribution in [-0.4, -0.2) is 7.11 Å². The molecule has 0 saturated carbocycles. The van der Waals surface area contributed by atoms with E-state index in [-0.39, 0.29) is 0 Å². The van der Waals surface area contributed by atoms with Gasteiger partial charge in [-0.1, -0.05) is 70.5 Å². The molecule has 1 unspecified atom stereocenters. The zero-order valence-electron chi connectivity index (χ0n) is 11.9. The largest absolute Gasteiger partial charge is 0.497 e. The van der Waals surface area contributed by atoms with Crippen LogP contribution in [-0.2, 0) is 6.42 Å². The molecule has 0 fully saturated rings. The van der Waals surface area contributed by atoms with E-state index in [0.29, 0.717) is 4.83 Å². The molecule has 0 amide bonds. The van der Waals surface area contributed by atoms with Gasteiger partial charge in [-0.2, -0.15) is 0 Å². The smallest absolute Gasteiger partial charge is 0.118 e. The molecule has 0 radical (unpaired) electrons. The molecule has 2 heteroatoms. The Hall–Kier alpha value is -1.80. The van der Waals surface area contributed by atoms with Crippen LogP contribution in [0.25, 0.3) is 10.8 Å². The monoisotopic (exact) mass is 340 g/mol. The SMILES string of the molecule is COc1ccc(C(Br)Cc2ccc3ccccc3c2)cc1. The van der Waals surface area contributed by atoms with Gasteiger partial charge in [-0.3, -0.25) is 0 Å². The van der Waals surface area contributed by atoms with Gasteiger partial charge in [0.15, 0.2) is 0 Å². The Morgan fingerprint density at radius 2 is 1.62 bits per heavy atom. The quantitative estimate of drug-likeness (QED) is 0.567. The van der Waals surface area contributed by atoms with E-state index in [9.17, 15) is 0 Å². The average molecular weight is 341 g/mol. The Kier molecular flexibility index (Phi) is 4.26. The van der Waals surface area contributed by atoms with Crippen molar-refractivity contribution in [1.29, 1.82) is 0 Å². The Morgan fingerprint density at radius 1 is 0.905 bits per heavy atom. The average Bonchev–Trinajstić information content (AvgIpc) is 2.55. The molecule has 3 rings (SSSR count). The summed E-state index contributed by atoms with van der Waals surface area (Å²) in [6.45, 7) is 0. The first-order chi connectivity index (χ1) is 10.3. The van der Waals surface area contributed by atoms with Gasteiger partial charge in [0.05, 0.1) is 7.11 Å². The van der Waals surface area contributed by atoms with Gasteiger partial charge in [0.1, 0.15) is 5.75 Å². The lowest BCUT2D eigenvalue weighted by Crippen LogP contribution is -1.95. The highest BCUT2D eigenvalue weighted by Gasteiger charge is 2.09. The second-order valence-electron chi connectivity index (χ2n) is 5.13. The van der Waals surface area contributed by atoms with E-state index in [1.165, 1.54) is 21.9 Å². The van der Waals surface area contributed by atoms with Gasteiger partial charge in [0, 0.05) is 4.83 Å². The van der Waals surface area contributed by atoms with E-state index < -0.39 is 0 Å². The van der Waals surface area contributed by atoms with Crippen molar-refractivity contribution >= 4 is 26.7 Å². The summed E-state index contributed by atoms with van der Waals surface area (Å²) in [6.07, 6.45) is 0.969. The van der Waals surface area contributed by atoms with E-state index in [1.807, 2.05) is 12.1 Å². The number of benzene rings is 3. The zero-order valence-corrected chi connectivity index (χ0v) is 13.5. The lowest BCUT2D eigenvalue weighted by Gasteiger charge is -2.12. The highest BCUT2D eigenvalue weighted by molar-refractivity contribution is 9.09. The van der Waals surface area contributed by atoms with Gasteiger partial charge in [0.2, 0.25) is 0 Å². The minimum Gasteiger partial charge on any atom is -0.497 e. The Morgan fingerprint density at radius 3 is 2.33 bits per heavy atom. The number of alkyl halides is 1. The van der Waals surface area contributed by atoms with Crippen molar-refractivity contribution in [3.8, 4) is 5.75 Å². The van der Waals surface area contributed by atoms with Crippen molar-refractivity contribution in [2.75, 3.05) is 7.11 Å². The molecule has 0 N–H and O–H groups in total. The number of fused-ring (bicyclic) bond motifs is 1. The summed E-state index contributed by atoms with van der Waals surface area (Å²) in [4.78, 5) is 0.310. The molecular weight excluding hydrogens is 324 g/mol. The van der Waals surface area contributed by atoms with Crippen molar-refractivity contribution in [3.05, 3.63) is 77.9 Å². The van der Waals surface area contributed by atoms with E-state index >= 15 is 0 Å². The fourth-order valence-corrected chi connectivity index (χ4v) is 3.18. The van der Waals surface area contributed by atoms with Crippen molar-refractivity contribution in [3.63, 3.8) is 0 Å². The summed E-state index contributed by atoms with van der Waals surface area (Å²) in [5, 5.41) is 2.58. The van der Waals surface area contributed by atoms with Crippen molar-refractivity contribution in [2.24, 2.45) is 0 Å². The molecule has 0 aromatic heterocycles. The van der Waals surface area contributed by atoms with Gasteiger partial charge in [-0.05, 0) is 40.5 Å². The minimum absolute atomic E-state index is 0.310. The summed E-state index contributed by atoms with van der Waals surface area (Å²) in [5.74, 6) is 0.893. The summed E-state index contributed by atoms with van der Waals surface area (Å²) in [5.41, 5.74) is 2.61. The van der Waals surface area contributed by atoms with Crippen molar-refractivity contribution in [1.82, 2.24) is 0 Å². The van der Waals surface area contributed by atoms with E-state index in [0.717, 1.165) is 12.2 Å². The molecule has 106 valence electrons. The molecule has 0 aliphatic heterocycles. The maximum Gasteiger partial charge on any atom is 0.118 e. The molecule has 0 heterocycles. The molecule has 0 bridgehead atoms. The Balaban J connectivity index is 1.79. The van der Waals surface area contributed by atoms with Crippen LogP contribution in [0.15, 0.2) is 66.7 Å². The number of halogens is 1. The lowest BCUT2D eigenvalue weighted by molar-refractivity contribution is 0.414. The van der Waals surface area contributed by atoms with E-state index in [2.05, 4.69) is 70.5 Å². The molecular formula is C19H17BrO. The third-order valence-corrected chi connectivity index (χ3v) is 4.56. The van der Waals surface area contributed by atoms with Gasteiger partial charge in [-0.25, -0.2) is 0 Å².